The van der Waals surface area contributed by atoms with Gasteiger partial charge in [0.1, 0.15) is 5.76 Å². The number of carbonyl (C=O) groups excluding carboxylic acids is 1. The predicted molar refractivity (Wildman–Crippen MR) is 72.7 cm³/mol. The van der Waals surface area contributed by atoms with Gasteiger partial charge in [0.05, 0.1) is 12.1 Å². The summed E-state index contributed by atoms with van der Waals surface area (Å²) < 4.78 is 4.92. The highest BCUT2D eigenvalue weighted by atomic mass is 16.5. The molecule has 0 aliphatic heterocycles. The summed E-state index contributed by atoms with van der Waals surface area (Å²) in [5.41, 5.74) is 1.97. The van der Waals surface area contributed by atoms with E-state index < -0.39 is 0 Å². The van der Waals surface area contributed by atoms with Crippen LogP contribution in [0.15, 0.2) is 40.9 Å². The van der Waals surface area contributed by atoms with Gasteiger partial charge in [0.25, 0.3) is 0 Å². The fourth-order valence-electron chi connectivity index (χ4n) is 1.89. The fraction of sp³-hybridized carbons (Fsp3) is 0.333. The second-order valence-electron chi connectivity index (χ2n) is 4.54. The minimum atomic E-state index is -0.0126. The summed E-state index contributed by atoms with van der Waals surface area (Å²) >= 11 is 0. The SMILES string of the molecule is Cc1cc(CC(=O)NCCCc2ccccc2)no1. The van der Waals surface area contributed by atoms with Crippen LogP contribution in [-0.4, -0.2) is 17.6 Å². The number of hydrogen-bond donors (Lipinski definition) is 1. The van der Waals surface area contributed by atoms with Gasteiger partial charge in [0.15, 0.2) is 0 Å². The van der Waals surface area contributed by atoms with Crippen molar-refractivity contribution < 1.29 is 9.32 Å². The molecule has 0 atom stereocenters. The second kappa shape index (κ2) is 6.73. The smallest absolute Gasteiger partial charge is 0.226 e. The molecular weight excluding hydrogens is 240 g/mol. The van der Waals surface area contributed by atoms with Crippen molar-refractivity contribution in [3.63, 3.8) is 0 Å². The van der Waals surface area contributed by atoms with Crippen molar-refractivity contribution in [1.82, 2.24) is 10.5 Å². The van der Waals surface area contributed by atoms with Crippen LogP contribution < -0.4 is 5.32 Å². The van der Waals surface area contributed by atoms with Gasteiger partial charge >= 0.3 is 0 Å². The highest BCUT2D eigenvalue weighted by Crippen LogP contribution is 2.03. The van der Waals surface area contributed by atoms with Gasteiger partial charge in [-0.3, -0.25) is 4.79 Å². The first-order valence-corrected chi connectivity index (χ1v) is 6.47. The summed E-state index contributed by atoms with van der Waals surface area (Å²) in [5.74, 6) is 0.716. The molecule has 0 radical (unpaired) electrons. The second-order valence-corrected chi connectivity index (χ2v) is 4.54. The van der Waals surface area contributed by atoms with Crippen LogP contribution in [0.25, 0.3) is 0 Å². The molecule has 0 spiro atoms. The Morgan fingerprint density at radius 2 is 2.11 bits per heavy atom. The van der Waals surface area contributed by atoms with Gasteiger partial charge in [-0.05, 0) is 25.3 Å². The summed E-state index contributed by atoms with van der Waals surface area (Å²) in [6.45, 7) is 2.50. The lowest BCUT2D eigenvalue weighted by Gasteiger charge is -2.04. The number of carbonyl (C=O) groups is 1. The molecule has 0 bridgehead atoms. The molecule has 0 saturated carbocycles. The van der Waals surface area contributed by atoms with Crippen LogP contribution in [0, 0.1) is 6.92 Å². The Labute approximate surface area is 112 Å². The van der Waals surface area contributed by atoms with Crippen molar-refractivity contribution in [3.05, 3.63) is 53.4 Å². The topological polar surface area (TPSA) is 55.1 Å². The van der Waals surface area contributed by atoms with Gasteiger partial charge in [-0.25, -0.2) is 0 Å². The third-order valence-corrected chi connectivity index (χ3v) is 2.83. The van der Waals surface area contributed by atoms with Crippen molar-refractivity contribution in [1.29, 1.82) is 0 Å². The van der Waals surface area contributed by atoms with Crippen LogP contribution in [0.1, 0.15) is 23.4 Å². The van der Waals surface area contributed by atoms with Crippen LogP contribution in [0.2, 0.25) is 0 Å². The lowest BCUT2D eigenvalue weighted by atomic mass is 10.1. The van der Waals surface area contributed by atoms with E-state index in [-0.39, 0.29) is 12.3 Å². The highest BCUT2D eigenvalue weighted by molar-refractivity contribution is 5.77. The van der Waals surface area contributed by atoms with Crippen LogP contribution in [0.4, 0.5) is 0 Å². The summed E-state index contributed by atoms with van der Waals surface area (Å²) in [6.07, 6.45) is 2.19. The van der Waals surface area contributed by atoms with Gasteiger partial charge in [-0.15, -0.1) is 0 Å². The first kappa shape index (κ1) is 13.3. The maximum atomic E-state index is 11.6. The molecule has 4 heteroatoms. The summed E-state index contributed by atoms with van der Waals surface area (Å²) in [7, 11) is 0. The average molecular weight is 258 g/mol. The first-order valence-electron chi connectivity index (χ1n) is 6.47. The standard InChI is InChI=1S/C15H18N2O2/c1-12-10-14(17-19-12)11-15(18)16-9-5-8-13-6-3-2-4-7-13/h2-4,6-7,10H,5,8-9,11H2,1H3,(H,16,18). The molecule has 0 unspecified atom stereocenters. The molecular formula is C15H18N2O2. The van der Waals surface area contributed by atoms with Crippen molar-refractivity contribution >= 4 is 5.91 Å². The number of nitrogens with zero attached hydrogens (tertiary/aromatic N) is 1. The summed E-state index contributed by atoms with van der Waals surface area (Å²) in [6, 6.07) is 12.0. The van der Waals surface area contributed by atoms with Crippen molar-refractivity contribution in [2.45, 2.75) is 26.2 Å². The van der Waals surface area contributed by atoms with Crippen molar-refractivity contribution in [3.8, 4) is 0 Å². The predicted octanol–water partition coefficient (Wildman–Crippen LogP) is 2.27. The normalized spacial score (nSPS) is 10.4. The maximum absolute atomic E-state index is 11.6. The summed E-state index contributed by atoms with van der Waals surface area (Å²) in [5, 5.41) is 6.69. The van der Waals surface area contributed by atoms with Crippen molar-refractivity contribution in [2.75, 3.05) is 6.54 Å². The molecule has 4 nitrogen and oxygen atoms in total. The zero-order valence-electron chi connectivity index (χ0n) is 11.1. The Morgan fingerprint density at radius 3 is 2.79 bits per heavy atom. The zero-order valence-corrected chi connectivity index (χ0v) is 11.1. The average Bonchev–Trinajstić information content (AvgIpc) is 2.81. The number of aryl methyl sites for hydroxylation is 2. The molecule has 1 heterocycles. The molecule has 0 aliphatic rings. The Bertz CT molecular complexity index is 520. The Balaban J connectivity index is 1.64. The highest BCUT2D eigenvalue weighted by Gasteiger charge is 2.06. The molecule has 2 aromatic rings. The maximum Gasteiger partial charge on any atom is 0.226 e. The number of amides is 1. The van der Waals surface area contributed by atoms with E-state index in [2.05, 4.69) is 22.6 Å². The van der Waals surface area contributed by atoms with Crippen molar-refractivity contribution in [2.24, 2.45) is 0 Å². The Morgan fingerprint density at radius 1 is 1.32 bits per heavy atom. The lowest BCUT2D eigenvalue weighted by molar-refractivity contribution is -0.120. The van der Waals surface area contributed by atoms with Gasteiger partial charge in [0, 0.05) is 12.6 Å². The third-order valence-electron chi connectivity index (χ3n) is 2.83. The molecule has 1 N–H and O–H groups in total. The molecule has 19 heavy (non-hydrogen) atoms. The molecule has 100 valence electrons. The zero-order chi connectivity index (χ0) is 13.5. The minimum absolute atomic E-state index is 0.0126. The van der Waals surface area contributed by atoms with E-state index in [1.807, 2.05) is 25.1 Å². The third kappa shape index (κ3) is 4.58. The minimum Gasteiger partial charge on any atom is -0.361 e. The fourth-order valence-corrected chi connectivity index (χ4v) is 1.89. The van der Waals surface area contributed by atoms with Gasteiger partial charge in [-0.2, -0.15) is 0 Å². The largest absolute Gasteiger partial charge is 0.361 e. The number of rotatable bonds is 6. The molecule has 2 rings (SSSR count). The van der Waals surface area contributed by atoms with E-state index >= 15 is 0 Å². The van der Waals surface area contributed by atoms with Gasteiger partial charge in [0.2, 0.25) is 5.91 Å². The lowest BCUT2D eigenvalue weighted by Crippen LogP contribution is -2.26. The number of aromatic nitrogens is 1. The van der Waals surface area contributed by atoms with E-state index in [0.717, 1.165) is 18.6 Å². The number of nitrogens with one attached hydrogen (secondary N) is 1. The van der Waals surface area contributed by atoms with Crippen LogP contribution in [0.3, 0.4) is 0 Å². The molecule has 0 fully saturated rings. The van der Waals surface area contributed by atoms with E-state index in [0.29, 0.717) is 12.2 Å². The first-order chi connectivity index (χ1) is 9.24. The van der Waals surface area contributed by atoms with E-state index in [1.54, 1.807) is 6.07 Å². The van der Waals surface area contributed by atoms with Gasteiger partial charge in [-0.1, -0.05) is 35.5 Å². The van der Waals surface area contributed by atoms with E-state index in [1.165, 1.54) is 5.56 Å². The number of benzene rings is 1. The Hall–Kier alpha value is -2.10. The Kier molecular flexibility index (Phi) is 4.72. The molecule has 1 aromatic carbocycles. The molecule has 0 saturated heterocycles. The van der Waals surface area contributed by atoms with E-state index in [4.69, 9.17) is 4.52 Å². The van der Waals surface area contributed by atoms with E-state index in [9.17, 15) is 4.79 Å². The van der Waals surface area contributed by atoms with Gasteiger partial charge < -0.3 is 9.84 Å². The van der Waals surface area contributed by atoms with Crippen LogP contribution in [-0.2, 0) is 17.6 Å². The quantitative estimate of drug-likeness (QED) is 0.809. The molecule has 1 amide bonds. The van der Waals surface area contributed by atoms with Crippen LogP contribution >= 0.6 is 0 Å². The summed E-state index contributed by atoms with van der Waals surface area (Å²) in [4.78, 5) is 11.6. The monoisotopic (exact) mass is 258 g/mol. The van der Waals surface area contributed by atoms with Crippen LogP contribution in [0.5, 0.6) is 0 Å². The molecule has 1 aromatic heterocycles. The number of hydrogen-bond acceptors (Lipinski definition) is 3. The molecule has 0 aliphatic carbocycles.